The van der Waals surface area contributed by atoms with Gasteiger partial charge in [0.05, 0.1) is 6.61 Å². The summed E-state index contributed by atoms with van der Waals surface area (Å²) in [4.78, 5) is -0.422. The minimum atomic E-state index is -3.89. The van der Waals surface area contributed by atoms with Gasteiger partial charge in [-0.25, -0.2) is 17.1 Å². The third-order valence-corrected chi connectivity index (χ3v) is 5.45. The lowest BCUT2D eigenvalue weighted by Gasteiger charge is -2.18. The van der Waals surface area contributed by atoms with Gasteiger partial charge in [0.15, 0.2) is 0 Å². The van der Waals surface area contributed by atoms with Gasteiger partial charge in [0.2, 0.25) is 10.0 Å². The molecule has 0 aliphatic heterocycles. The molecule has 1 aromatic rings. The van der Waals surface area contributed by atoms with Crippen molar-refractivity contribution in [1.82, 2.24) is 4.31 Å². The first-order valence-electron chi connectivity index (χ1n) is 5.38. The number of nitrogens with zero attached hydrogens (tertiary/aromatic N) is 1. The average Bonchev–Trinajstić information content (AvgIpc) is 2.37. The number of hydrogen-bond acceptors (Lipinski definition) is 4. The van der Waals surface area contributed by atoms with Gasteiger partial charge in [-0.05, 0) is 18.4 Å². The number of aliphatic hydroxyl groups excluding tert-OH is 1. The summed E-state index contributed by atoms with van der Waals surface area (Å²) in [7, 11) is -2.49. The molecule has 0 heterocycles. The Morgan fingerprint density at radius 3 is 2.63 bits per heavy atom. The van der Waals surface area contributed by atoms with Gasteiger partial charge in [-0.1, -0.05) is 15.9 Å². The van der Waals surface area contributed by atoms with Crippen LogP contribution in [0.2, 0.25) is 0 Å². The molecule has 4 nitrogen and oxygen atoms in total. The number of thioether (sulfide) groups is 1. The summed E-state index contributed by atoms with van der Waals surface area (Å²) in [6.07, 6.45) is 1.87. The van der Waals surface area contributed by atoms with E-state index in [2.05, 4.69) is 15.9 Å². The maximum Gasteiger partial charge on any atom is 0.245 e. The van der Waals surface area contributed by atoms with Crippen LogP contribution in [0.3, 0.4) is 0 Å². The zero-order valence-corrected chi connectivity index (χ0v) is 13.8. The predicted molar refractivity (Wildman–Crippen MR) is 78.2 cm³/mol. The van der Waals surface area contributed by atoms with Crippen LogP contribution >= 0.6 is 27.7 Å². The van der Waals surface area contributed by atoms with Crippen LogP contribution in [0.15, 0.2) is 21.5 Å². The molecule has 0 bridgehead atoms. The molecule has 0 amide bonds. The van der Waals surface area contributed by atoms with Crippen molar-refractivity contribution in [3.8, 4) is 0 Å². The summed E-state index contributed by atoms with van der Waals surface area (Å²) < 4.78 is 40.1. The third-order valence-electron chi connectivity index (χ3n) is 2.55. The maximum absolute atomic E-state index is 14.0. The van der Waals surface area contributed by atoms with Gasteiger partial charge in [0.1, 0.15) is 10.7 Å². The number of sulfonamides is 1. The fourth-order valence-corrected chi connectivity index (χ4v) is 3.96. The van der Waals surface area contributed by atoms with Crippen LogP contribution in [0.25, 0.3) is 0 Å². The molecule has 0 radical (unpaired) electrons. The van der Waals surface area contributed by atoms with Crippen LogP contribution in [-0.2, 0) is 16.6 Å². The van der Waals surface area contributed by atoms with Crippen molar-refractivity contribution >= 4 is 37.7 Å². The molecule has 1 N–H and O–H groups in total. The Balaban J connectivity index is 3.25. The SMILES string of the molecule is CSCCN(C)S(=O)(=O)c1cc(Br)cc(CO)c1F. The van der Waals surface area contributed by atoms with Crippen LogP contribution in [0.4, 0.5) is 4.39 Å². The highest BCUT2D eigenvalue weighted by molar-refractivity contribution is 9.10. The number of benzene rings is 1. The van der Waals surface area contributed by atoms with E-state index in [1.165, 1.54) is 30.9 Å². The Hall–Kier alpha value is -0.150. The van der Waals surface area contributed by atoms with E-state index in [0.717, 1.165) is 4.31 Å². The molecule has 1 aromatic carbocycles. The third kappa shape index (κ3) is 3.91. The molecule has 0 unspecified atom stereocenters. The Kier molecular flexibility index (Phi) is 6.25. The molecule has 0 spiro atoms. The van der Waals surface area contributed by atoms with Crippen molar-refractivity contribution in [2.24, 2.45) is 0 Å². The predicted octanol–water partition coefficient (Wildman–Crippen LogP) is 2.06. The van der Waals surface area contributed by atoms with E-state index < -0.39 is 27.3 Å². The second-order valence-electron chi connectivity index (χ2n) is 3.85. The number of aliphatic hydroxyl groups is 1. The fourth-order valence-electron chi connectivity index (χ4n) is 1.43. The van der Waals surface area contributed by atoms with Crippen molar-refractivity contribution in [2.45, 2.75) is 11.5 Å². The monoisotopic (exact) mass is 371 g/mol. The lowest BCUT2D eigenvalue weighted by Crippen LogP contribution is -2.30. The number of halogens is 2. The van der Waals surface area contributed by atoms with Crippen LogP contribution in [-0.4, -0.2) is 43.4 Å². The Morgan fingerprint density at radius 1 is 1.47 bits per heavy atom. The molecule has 0 atom stereocenters. The van der Waals surface area contributed by atoms with Crippen molar-refractivity contribution < 1.29 is 17.9 Å². The number of rotatable bonds is 6. The van der Waals surface area contributed by atoms with Gasteiger partial charge in [-0.3, -0.25) is 0 Å². The smallest absolute Gasteiger partial charge is 0.245 e. The first-order valence-corrected chi connectivity index (χ1v) is 9.01. The highest BCUT2D eigenvalue weighted by atomic mass is 79.9. The normalized spacial score (nSPS) is 12.1. The molecular formula is C11H15BrFNO3S2. The van der Waals surface area contributed by atoms with E-state index in [9.17, 15) is 12.8 Å². The molecule has 1 rings (SSSR count). The van der Waals surface area contributed by atoms with E-state index in [-0.39, 0.29) is 5.56 Å². The summed E-state index contributed by atoms with van der Waals surface area (Å²) in [5, 5.41) is 9.04. The van der Waals surface area contributed by atoms with Crippen LogP contribution in [0, 0.1) is 5.82 Å². The highest BCUT2D eigenvalue weighted by Crippen LogP contribution is 2.26. The van der Waals surface area contributed by atoms with Crippen LogP contribution in [0.1, 0.15) is 5.56 Å². The first-order chi connectivity index (χ1) is 8.84. The van der Waals surface area contributed by atoms with Gasteiger partial charge in [-0.15, -0.1) is 0 Å². The van der Waals surface area contributed by atoms with Gasteiger partial charge in [0, 0.05) is 29.4 Å². The minimum Gasteiger partial charge on any atom is -0.392 e. The van der Waals surface area contributed by atoms with Crippen molar-refractivity contribution in [2.75, 3.05) is 25.6 Å². The van der Waals surface area contributed by atoms with E-state index >= 15 is 0 Å². The van der Waals surface area contributed by atoms with Gasteiger partial charge >= 0.3 is 0 Å². The number of hydrogen-bond donors (Lipinski definition) is 1. The Morgan fingerprint density at radius 2 is 2.11 bits per heavy atom. The zero-order valence-electron chi connectivity index (χ0n) is 10.6. The molecule has 0 saturated heterocycles. The molecule has 108 valence electrons. The average molecular weight is 372 g/mol. The van der Waals surface area contributed by atoms with E-state index in [0.29, 0.717) is 16.8 Å². The van der Waals surface area contributed by atoms with Crippen LogP contribution in [0.5, 0.6) is 0 Å². The lowest BCUT2D eigenvalue weighted by molar-refractivity contribution is 0.274. The standard InChI is InChI=1S/C11H15BrFNO3S2/c1-14(3-4-18-2)19(16,17)10-6-9(12)5-8(7-15)11(10)13/h5-6,15H,3-4,7H2,1-2H3. The van der Waals surface area contributed by atoms with Crippen LogP contribution < -0.4 is 0 Å². The van der Waals surface area contributed by atoms with Crippen molar-refractivity contribution in [3.63, 3.8) is 0 Å². The molecule has 0 aliphatic rings. The first kappa shape index (κ1) is 16.9. The second-order valence-corrected chi connectivity index (χ2v) is 7.77. The van der Waals surface area contributed by atoms with E-state index in [4.69, 9.17) is 5.11 Å². The van der Waals surface area contributed by atoms with Crippen molar-refractivity contribution in [1.29, 1.82) is 0 Å². The molecular weight excluding hydrogens is 357 g/mol. The van der Waals surface area contributed by atoms with E-state index in [1.807, 2.05) is 6.26 Å². The molecule has 0 fully saturated rings. The summed E-state index contributed by atoms with van der Waals surface area (Å²) in [5.41, 5.74) is -0.0498. The van der Waals surface area contributed by atoms with E-state index in [1.54, 1.807) is 0 Å². The quantitative estimate of drug-likeness (QED) is 0.831. The highest BCUT2D eigenvalue weighted by Gasteiger charge is 2.26. The fraction of sp³-hybridized carbons (Fsp3) is 0.455. The lowest BCUT2D eigenvalue weighted by atomic mass is 10.2. The minimum absolute atomic E-state index is 0.0498. The van der Waals surface area contributed by atoms with Gasteiger partial charge < -0.3 is 5.11 Å². The molecule has 0 saturated carbocycles. The van der Waals surface area contributed by atoms with Gasteiger partial charge in [-0.2, -0.15) is 11.8 Å². The topological polar surface area (TPSA) is 57.6 Å². The summed E-state index contributed by atoms with van der Waals surface area (Å²) in [5.74, 6) is -0.278. The molecule has 0 aromatic heterocycles. The maximum atomic E-state index is 14.0. The zero-order chi connectivity index (χ0) is 14.6. The summed E-state index contributed by atoms with van der Waals surface area (Å²) >= 11 is 4.62. The van der Waals surface area contributed by atoms with Crippen molar-refractivity contribution in [3.05, 3.63) is 28.0 Å². The summed E-state index contributed by atoms with van der Waals surface area (Å²) in [6.45, 7) is -0.258. The molecule has 0 aliphatic carbocycles. The summed E-state index contributed by atoms with van der Waals surface area (Å²) in [6, 6.07) is 2.57. The molecule has 8 heteroatoms. The van der Waals surface area contributed by atoms with Gasteiger partial charge in [0.25, 0.3) is 0 Å². The Bertz CT molecular complexity index is 551. The Labute approximate surface area is 125 Å². The molecule has 19 heavy (non-hydrogen) atoms. The largest absolute Gasteiger partial charge is 0.392 e. The second kappa shape index (κ2) is 7.03.